The lowest BCUT2D eigenvalue weighted by atomic mass is 9.86. The van der Waals surface area contributed by atoms with Crippen LogP contribution in [0.25, 0.3) is 0 Å². The smallest absolute Gasteiger partial charge is 0.0433 e. The Morgan fingerprint density at radius 2 is 1.80 bits per heavy atom. The molecule has 1 saturated carbocycles. The zero-order valence-corrected chi connectivity index (χ0v) is 12.9. The van der Waals surface area contributed by atoms with Gasteiger partial charge >= 0.3 is 0 Å². The minimum atomic E-state index is 0.383. The highest BCUT2D eigenvalue weighted by atomic mass is 79.9. The van der Waals surface area contributed by atoms with Gasteiger partial charge < -0.3 is 10.6 Å². The van der Waals surface area contributed by atoms with Crippen LogP contribution in [0.3, 0.4) is 0 Å². The molecule has 1 aliphatic heterocycles. The van der Waals surface area contributed by atoms with E-state index in [1.54, 1.807) is 0 Å². The van der Waals surface area contributed by atoms with Crippen molar-refractivity contribution in [1.29, 1.82) is 0 Å². The van der Waals surface area contributed by atoms with Gasteiger partial charge in [-0.15, -0.1) is 0 Å². The van der Waals surface area contributed by atoms with E-state index in [0.717, 1.165) is 23.2 Å². The van der Waals surface area contributed by atoms with Gasteiger partial charge in [-0.25, -0.2) is 0 Å². The van der Waals surface area contributed by atoms with E-state index >= 15 is 0 Å². The zero-order chi connectivity index (χ0) is 13.7. The average molecular weight is 329 g/mol. The van der Waals surface area contributed by atoms with E-state index in [4.69, 9.17) is 5.73 Å². The van der Waals surface area contributed by atoms with Crippen LogP contribution in [-0.2, 0) is 12.0 Å². The molecule has 2 N–H and O–H groups in total. The largest absolute Gasteiger partial charge is 0.399 e. The molecule has 0 atom stereocenters. The molecule has 0 amide bonds. The number of nitrogens with zero attached hydrogens (tertiary/aromatic N) is 1. The number of benzene rings is 2. The molecule has 2 aromatic rings. The summed E-state index contributed by atoms with van der Waals surface area (Å²) in [5.74, 6) is 0. The number of hydrogen-bond donors (Lipinski definition) is 1. The van der Waals surface area contributed by atoms with Crippen LogP contribution in [0.2, 0.25) is 0 Å². The molecule has 0 unspecified atom stereocenters. The number of halogens is 1. The summed E-state index contributed by atoms with van der Waals surface area (Å²) in [5.41, 5.74) is 11.5. The number of nitrogen functional groups attached to an aromatic ring is 1. The van der Waals surface area contributed by atoms with Crippen LogP contribution in [0, 0.1) is 0 Å². The molecule has 20 heavy (non-hydrogen) atoms. The third kappa shape index (κ3) is 1.92. The predicted octanol–water partition coefficient (Wildman–Crippen LogP) is 4.08. The summed E-state index contributed by atoms with van der Waals surface area (Å²) in [6.45, 7) is 2.09. The van der Waals surface area contributed by atoms with Crippen LogP contribution >= 0.6 is 15.9 Å². The Balaban J connectivity index is 1.74. The maximum Gasteiger partial charge on any atom is 0.0433 e. The maximum atomic E-state index is 5.97. The van der Waals surface area contributed by atoms with Crippen molar-refractivity contribution < 1.29 is 0 Å². The minimum Gasteiger partial charge on any atom is -0.399 e. The standard InChI is InChI=1S/C17H17BrN2/c18-13-1-4-15(5-2-13)20-10-12-9-14(19)3-6-16(12)17(11-20)7-8-17/h1-6,9H,7-8,10-11,19H2. The maximum absolute atomic E-state index is 5.97. The molecule has 2 aliphatic rings. The van der Waals surface area contributed by atoms with Gasteiger partial charge in [0.1, 0.15) is 0 Å². The van der Waals surface area contributed by atoms with Crippen LogP contribution < -0.4 is 10.6 Å². The molecule has 4 rings (SSSR count). The lowest BCUT2D eigenvalue weighted by Gasteiger charge is -2.37. The summed E-state index contributed by atoms with van der Waals surface area (Å²) in [6, 6.07) is 15.1. The Kier molecular flexibility index (Phi) is 2.61. The van der Waals surface area contributed by atoms with E-state index in [-0.39, 0.29) is 0 Å². The molecule has 0 saturated heterocycles. The first-order valence-electron chi connectivity index (χ1n) is 7.06. The summed E-state index contributed by atoms with van der Waals surface area (Å²) in [7, 11) is 0. The zero-order valence-electron chi connectivity index (χ0n) is 11.3. The summed E-state index contributed by atoms with van der Waals surface area (Å²) in [5, 5.41) is 0. The van der Waals surface area contributed by atoms with Crippen molar-refractivity contribution in [3.05, 3.63) is 58.1 Å². The molecule has 1 heterocycles. The van der Waals surface area contributed by atoms with Gasteiger partial charge in [-0.2, -0.15) is 0 Å². The molecule has 0 bridgehead atoms. The van der Waals surface area contributed by atoms with Gasteiger partial charge in [-0.1, -0.05) is 22.0 Å². The van der Waals surface area contributed by atoms with Crippen molar-refractivity contribution in [2.45, 2.75) is 24.8 Å². The average Bonchev–Trinajstić information content (AvgIpc) is 3.19. The number of fused-ring (bicyclic) bond motifs is 2. The lowest BCUT2D eigenvalue weighted by molar-refractivity contribution is 0.593. The second kappa shape index (κ2) is 4.26. The van der Waals surface area contributed by atoms with Crippen molar-refractivity contribution in [2.75, 3.05) is 17.2 Å². The number of nitrogens with two attached hydrogens (primary N) is 1. The predicted molar refractivity (Wildman–Crippen MR) is 87.0 cm³/mol. The third-order valence-corrected chi connectivity index (χ3v) is 5.13. The molecule has 1 spiro atoms. The fraction of sp³-hybridized carbons (Fsp3) is 0.294. The molecule has 102 valence electrons. The van der Waals surface area contributed by atoms with E-state index in [9.17, 15) is 0 Å². The van der Waals surface area contributed by atoms with Crippen LogP contribution in [0.5, 0.6) is 0 Å². The van der Waals surface area contributed by atoms with Gasteiger partial charge in [-0.3, -0.25) is 0 Å². The SMILES string of the molecule is Nc1ccc2c(c1)CN(c1ccc(Br)cc1)CC21CC1. The van der Waals surface area contributed by atoms with E-state index in [1.165, 1.54) is 29.7 Å². The van der Waals surface area contributed by atoms with Gasteiger partial charge in [0.25, 0.3) is 0 Å². The molecule has 2 aromatic carbocycles. The Hall–Kier alpha value is -1.48. The Morgan fingerprint density at radius 3 is 2.50 bits per heavy atom. The lowest BCUT2D eigenvalue weighted by Crippen LogP contribution is -2.37. The second-order valence-corrected chi connectivity index (χ2v) is 6.95. The Morgan fingerprint density at radius 1 is 1.05 bits per heavy atom. The molecule has 0 aromatic heterocycles. The van der Waals surface area contributed by atoms with Crippen LogP contribution in [-0.4, -0.2) is 6.54 Å². The molecule has 3 heteroatoms. The van der Waals surface area contributed by atoms with E-state index < -0.39 is 0 Å². The summed E-state index contributed by atoms with van der Waals surface area (Å²) in [6.07, 6.45) is 2.61. The van der Waals surface area contributed by atoms with Gasteiger partial charge in [0.05, 0.1) is 0 Å². The quantitative estimate of drug-likeness (QED) is 0.799. The molecular formula is C17H17BrN2. The van der Waals surface area contributed by atoms with Crippen molar-refractivity contribution in [3.63, 3.8) is 0 Å². The fourth-order valence-corrected chi connectivity index (χ4v) is 3.65. The number of hydrogen-bond acceptors (Lipinski definition) is 2. The first-order chi connectivity index (χ1) is 9.66. The normalized spacial score (nSPS) is 18.9. The van der Waals surface area contributed by atoms with Gasteiger partial charge in [0, 0.05) is 34.4 Å². The molecule has 2 nitrogen and oxygen atoms in total. The van der Waals surface area contributed by atoms with Crippen molar-refractivity contribution in [2.24, 2.45) is 0 Å². The molecular weight excluding hydrogens is 312 g/mol. The number of rotatable bonds is 1. The van der Waals surface area contributed by atoms with Crippen LogP contribution in [0.4, 0.5) is 11.4 Å². The second-order valence-electron chi connectivity index (χ2n) is 6.03. The van der Waals surface area contributed by atoms with Crippen LogP contribution in [0.1, 0.15) is 24.0 Å². The fourth-order valence-electron chi connectivity index (χ4n) is 3.39. The highest BCUT2D eigenvalue weighted by molar-refractivity contribution is 9.10. The third-order valence-electron chi connectivity index (χ3n) is 4.60. The number of anilines is 2. The summed E-state index contributed by atoms with van der Waals surface area (Å²) in [4.78, 5) is 2.49. The highest BCUT2D eigenvalue weighted by Crippen LogP contribution is 2.53. The monoisotopic (exact) mass is 328 g/mol. The minimum absolute atomic E-state index is 0.383. The molecule has 1 fully saturated rings. The summed E-state index contributed by atoms with van der Waals surface area (Å²) >= 11 is 3.50. The molecule has 1 aliphatic carbocycles. The summed E-state index contributed by atoms with van der Waals surface area (Å²) < 4.78 is 1.13. The van der Waals surface area contributed by atoms with E-state index in [2.05, 4.69) is 57.2 Å². The topological polar surface area (TPSA) is 29.3 Å². The highest BCUT2D eigenvalue weighted by Gasteiger charge is 2.49. The first kappa shape index (κ1) is 12.3. The first-order valence-corrected chi connectivity index (χ1v) is 7.85. The van der Waals surface area contributed by atoms with E-state index in [0.29, 0.717) is 5.41 Å². The van der Waals surface area contributed by atoms with Gasteiger partial charge in [0.15, 0.2) is 0 Å². The van der Waals surface area contributed by atoms with Gasteiger partial charge in [-0.05, 0) is 60.4 Å². The van der Waals surface area contributed by atoms with Crippen molar-refractivity contribution in [3.8, 4) is 0 Å². The van der Waals surface area contributed by atoms with Crippen molar-refractivity contribution >= 4 is 27.3 Å². The molecule has 0 radical (unpaired) electrons. The Labute approximate surface area is 127 Å². The van der Waals surface area contributed by atoms with Crippen molar-refractivity contribution in [1.82, 2.24) is 0 Å². The Bertz CT molecular complexity index is 659. The van der Waals surface area contributed by atoms with E-state index in [1.807, 2.05) is 6.07 Å². The van der Waals surface area contributed by atoms with Crippen LogP contribution in [0.15, 0.2) is 46.9 Å². The van der Waals surface area contributed by atoms with Gasteiger partial charge in [0.2, 0.25) is 0 Å².